The number of thioether (sulfide) groups is 1. The fraction of sp³-hybridized carbons (Fsp3) is 0.385. The quantitative estimate of drug-likeness (QED) is 0.108. The Balaban J connectivity index is 1.40. The van der Waals surface area contributed by atoms with Crippen molar-refractivity contribution in [1.29, 1.82) is 0 Å². The number of methoxy groups -OCH3 is 4. The Bertz CT molecular complexity index is 1510. The van der Waals surface area contributed by atoms with Gasteiger partial charge in [0.25, 0.3) is 0 Å². The van der Waals surface area contributed by atoms with Crippen molar-refractivity contribution in [3.8, 4) is 23.0 Å². The van der Waals surface area contributed by atoms with Gasteiger partial charge in [0.2, 0.25) is 0 Å². The minimum absolute atomic E-state index is 0.296. The Morgan fingerprint density at radius 3 is 1.18 bits per heavy atom. The highest BCUT2D eigenvalue weighted by atomic mass is 32.2. The average Bonchev–Trinajstić information content (AvgIpc) is 3.16. The zero-order valence-corrected chi connectivity index (χ0v) is 29.6. The van der Waals surface area contributed by atoms with Crippen molar-refractivity contribution in [3.63, 3.8) is 0 Å². The van der Waals surface area contributed by atoms with Crippen molar-refractivity contribution in [2.24, 2.45) is 0 Å². The lowest BCUT2D eigenvalue weighted by atomic mass is 9.98. The van der Waals surface area contributed by atoms with E-state index in [9.17, 15) is 0 Å². The molecule has 4 aromatic rings. The second-order valence-corrected chi connectivity index (χ2v) is 12.4. The summed E-state index contributed by atoms with van der Waals surface area (Å²) in [4.78, 5) is 0. The molecule has 0 N–H and O–H groups in total. The zero-order valence-electron chi connectivity index (χ0n) is 28.7. The van der Waals surface area contributed by atoms with Gasteiger partial charge in [-0.25, -0.2) is 0 Å². The van der Waals surface area contributed by atoms with Gasteiger partial charge in [0.15, 0.2) is 0 Å². The van der Waals surface area contributed by atoms with Gasteiger partial charge in [-0.1, -0.05) is 48.5 Å². The van der Waals surface area contributed by atoms with Gasteiger partial charge in [-0.2, -0.15) is 0 Å². The molecule has 0 aliphatic carbocycles. The van der Waals surface area contributed by atoms with E-state index in [0.717, 1.165) is 45.3 Å². The van der Waals surface area contributed by atoms with Crippen molar-refractivity contribution in [2.75, 3.05) is 41.3 Å². The van der Waals surface area contributed by atoms with Gasteiger partial charge in [-0.3, -0.25) is 0 Å². The normalized spacial score (nSPS) is 20.5. The van der Waals surface area contributed by atoms with Crippen LogP contribution in [0, 0.1) is 0 Å². The largest absolute Gasteiger partial charge is 0.497 e. The van der Waals surface area contributed by atoms with Crippen molar-refractivity contribution in [1.82, 2.24) is 0 Å². The molecule has 1 fully saturated rings. The number of rotatable bonds is 18. The number of hydrogen-bond donors (Lipinski definition) is 0. The van der Waals surface area contributed by atoms with E-state index < -0.39 is 24.4 Å². The van der Waals surface area contributed by atoms with Gasteiger partial charge in [0.1, 0.15) is 52.8 Å². The maximum Gasteiger partial charge on any atom is 0.132 e. The van der Waals surface area contributed by atoms with Crippen molar-refractivity contribution in [2.45, 2.75) is 56.3 Å². The minimum Gasteiger partial charge on any atom is -0.497 e. The van der Waals surface area contributed by atoms with Crippen LogP contribution in [-0.2, 0) is 50.1 Å². The summed E-state index contributed by atoms with van der Waals surface area (Å²) in [5, 5.41) is 0. The molecular weight excluding hydrogens is 644 g/mol. The Morgan fingerprint density at radius 1 is 0.469 bits per heavy atom. The summed E-state index contributed by atoms with van der Waals surface area (Å²) >= 11 is 1.58. The summed E-state index contributed by atoms with van der Waals surface area (Å²) in [6.45, 7) is 1.75. The molecule has 0 saturated carbocycles. The molecule has 0 amide bonds. The van der Waals surface area contributed by atoms with Crippen LogP contribution >= 0.6 is 11.8 Å². The zero-order chi connectivity index (χ0) is 34.4. The third kappa shape index (κ3) is 10.4. The van der Waals surface area contributed by atoms with Gasteiger partial charge in [0.05, 0.1) is 61.5 Å². The van der Waals surface area contributed by atoms with Crippen LogP contribution in [0.4, 0.5) is 0 Å². The van der Waals surface area contributed by atoms with Crippen molar-refractivity contribution in [3.05, 3.63) is 119 Å². The predicted molar refractivity (Wildman–Crippen MR) is 190 cm³/mol. The molecule has 0 unspecified atom stereocenters. The first kappa shape index (κ1) is 36.5. The first-order chi connectivity index (χ1) is 24.0. The van der Waals surface area contributed by atoms with Crippen LogP contribution in [0.25, 0.3) is 0 Å². The first-order valence-electron chi connectivity index (χ1n) is 16.2. The molecule has 0 spiro atoms. The molecular formula is C39H46O9S. The molecule has 49 heavy (non-hydrogen) atoms. The molecule has 262 valence electrons. The van der Waals surface area contributed by atoms with Gasteiger partial charge in [0, 0.05) is 0 Å². The lowest BCUT2D eigenvalue weighted by molar-refractivity contribution is -0.254. The third-order valence-electron chi connectivity index (χ3n) is 8.34. The molecule has 5 rings (SSSR count). The van der Waals surface area contributed by atoms with Crippen LogP contribution in [0.1, 0.15) is 22.3 Å². The van der Waals surface area contributed by atoms with E-state index in [4.69, 9.17) is 42.6 Å². The highest BCUT2D eigenvalue weighted by Gasteiger charge is 2.48. The Hall–Kier alpha value is -3.77. The van der Waals surface area contributed by atoms with Crippen LogP contribution in [0.2, 0.25) is 0 Å². The highest BCUT2D eigenvalue weighted by molar-refractivity contribution is 7.99. The number of hydrogen-bond acceptors (Lipinski definition) is 10. The summed E-state index contributed by atoms with van der Waals surface area (Å²) in [5.41, 5.74) is 3.70. The Kier molecular flexibility index (Phi) is 14.0. The highest BCUT2D eigenvalue weighted by Crippen LogP contribution is 2.35. The maximum atomic E-state index is 6.78. The fourth-order valence-corrected chi connectivity index (χ4v) is 6.28. The standard InChI is InChI=1S/C39H46O9S/c1-40-31-14-6-27(7-15-31)22-44-26-35-36(45-23-28-8-16-32(41-2)17-9-28)37(46-24-29-10-18-33(42-3)19-11-29)38(39(48-35)49-5)47-25-30-12-20-34(43-4)21-13-30/h6-21,35-39H,22-26H2,1-5H3/t35-,36+,37+,38-,39+/m1/s1. The molecule has 0 radical (unpaired) electrons. The molecule has 9 nitrogen and oxygen atoms in total. The van der Waals surface area contributed by atoms with Gasteiger partial charge in [-0.05, 0) is 77.0 Å². The smallest absolute Gasteiger partial charge is 0.132 e. The van der Waals surface area contributed by atoms with Crippen molar-refractivity contribution < 1.29 is 42.6 Å². The topological polar surface area (TPSA) is 83.1 Å². The molecule has 0 bridgehead atoms. The molecule has 5 atom stereocenters. The summed E-state index contributed by atoms with van der Waals surface area (Å²) in [5.74, 6) is 3.15. The van der Waals surface area contributed by atoms with E-state index >= 15 is 0 Å². The molecule has 1 heterocycles. The van der Waals surface area contributed by atoms with E-state index in [1.165, 1.54) is 0 Å². The summed E-state index contributed by atoms with van der Waals surface area (Å²) in [6, 6.07) is 31.4. The van der Waals surface area contributed by atoms with Gasteiger partial charge >= 0.3 is 0 Å². The second kappa shape index (κ2) is 18.8. The van der Waals surface area contributed by atoms with Crippen LogP contribution in [0.15, 0.2) is 97.1 Å². The summed E-state index contributed by atoms with van der Waals surface area (Å²) in [6.07, 6.45) is 0.132. The van der Waals surface area contributed by atoms with Crippen LogP contribution < -0.4 is 18.9 Å². The Labute approximate surface area is 293 Å². The summed E-state index contributed by atoms with van der Waals surface area (Å²) < 4.78 is 54.5. The molecule has 1 aliphatic heterocycles. The fourth-order valence-electron chi connectivity index (χ4n) is 5.53. The minimum atomic E-state index is -0.513. The SMILES string of the molecule is COc1ccc(COC[C@H]2O[C@@H](SC)[C@H](OCc3ccc(OC)cc3)[C@@H](OCc3ccc(OC)cc3)[C@H]2OCc2ccc(OC)cc2)cc1. The molecule has 10 heteroatoms. The third-order valence-corrected chi connectivity index (χ3v) is 9.18. The summed E-state index contributed by atoms with van der Waals surface area (Å²) in [7, 11) is 6.62. The second-order valence-electron chi connectivity index (χ2n) is 11.5. The maximum absolute atomic E-state index is 6.78. The van der Waals surface area contributed by atoms with E-state index in [1.807, 2.05) is 103 Å². The Morgan fingerprint density at radius 2 is 0.816 bits per heavy atom. The molecule has 1 saturated heterocycles. The molecule has 0 aromatic heterocycles. The van der Waals surface area contributed by atoms with E-state index in [1.54, 1.807) is 40.2 Å². The van der Waals surface area contributed by atoms with Crippen LogP contribution in [-0.4, -0.2) is 71.2 Å². The molecule has 1 aliphatic rings. The van der Waals surface area contributed by atoms with E-state index in [2.05, 4.69) is 0 Å². The lowest BCUT2D eigenvalue weighted by Gasteiger charge is -2.45. The van der Waals surface area contributed by atoms with Gasteiger partial charge < -0.3 is 42.6 Å². The number of ether oxygens (including phenoxy) is 9. The molecule has 4 aromatic carbocycles. The average molecular weight is 691 g/mol. The predicted octanol–water partition coefficient (Wildman–Crippen LogP) is 7.08. The number of benzene rings is 4. The van der Waals surface area contributed by atoms with E-state index in [0.29, 0.717) is 33.0 Å². The first-order valence-corrected chi connectivity index (χ1v) is 17.4. The lowest BCUT2D eigenvalue weighted by Crippen LogP contribution is -2.60. The van der Waals surface area contributed by atoms with Crippen LogP contribution in [0.5, 0.6) is 23.0 Å². The monoisotopic (exact) mass is 690 g/mol. The van der Waals surface area contributed by atoms with Crippen molar-refractivity contribution >= 4 is 11.8 Å². The van der Waals surface area contributed by atoms with Gasteiger partial charge in [-0.15, -0.1) is 11.8 Å². The van der Waals surface area contributed by atoms with E-state index in [-0.39, 0.29) is 5.44 Å². The van der Waals surface area contributed by atoms with Crippen LogP contribution in [0.3, 0.4) is 0 Å².